The van der Waals surface area contributed by atoms with Crippen LogP contribution in [0.2, 0.25) is 0 Å². The molecule has 7 nitrogen and oxygen atoms in total. The topological polar surface area (TPSA) is 93.7 Å². The van der Waals surface area contributed by atoms with Crippen LogP contribution in [0, 0.1) is 0 Å². The molecule has 0 saturated carbocycles. The smallest absolute Gasteiger partial charge is 0.221 e. The van der Waals surface area contributed by atoms with Crippen LogP contribution in [0.15, 0.2) is 23.1 Å². The fraction of sp³-hybridized carbons (Fsp3) is 0.562. The first-order valence-corrected chi connectivity index (χ1v) is 9.56. The number of nitrogens with one attached hydrogen (secondary N) is 2. The van der Waals surface area contributed by atoms with Crippen molar-refractivity contribution in [3.05, 3.63) is 18.2 Å². The number of hydrogen-bond donors (Lipinski definition) is 2. The number of piperidine rings is 1. The quantitative estimate of drug-likeness (QED) is 0.748. The van der Waals surface area contributed by atoms with Gasteiger partial charge in [-0.3, -0.25) is 4.79 Å². The zero-order valence-electron chi connectivity index (χ0n) is 14.0. The largest absolute Gasteiger partial charge is 0.493 e. The van der Waals surface area contributed by atoms with Crippen molar-refractivity contribution in [1.82, 2.24) is 10.6 Å². The van der Waals surface area contributed by atoms with E-state index < -0.39 is 9.84 Å². The number of hydrogen-bond acceptors (Lipinski definition) is 6. The summed E-state index contributed by atoms with van der Waals surface area (Å²) in [5.41, 5.74) is 0. The summed E-state index contributed by atoms with van der Waals surface area (Å²) in [7, 11) is -0.639. The van der Waals surface area contributed by atoms with Gasteiger partial charge in [-0.15, -0.1) is 0 Å². The molecular weight excluding hydrogens is 332 g/mol. The molecule has 24 heavy (non-hydrogen) atoms. The lowest BCUT2D eigenvalue weighted by atomic mass is 10.1. The summed E-state index contributed by atoms with van der Waals surface area (Å²) in [6, 6.07) is 4.49. The predicted octanol–water partition coefficient (Wildman–Crippen LogP) is 0.736. The molecule has 134 valence electrons. The Bertz CT molecular complexity index is 669. The van der Waals surface area contributed by atoms with Crippen LogP contribution in [-0.4, -0.2) is 53.4 Å². The number of methoxy groups -OCH3 is 2. The monoisotopic (exact) mass is 356 g/mol. The van der Waals surface area contributed by atoms with Crippen molar-refractivity contribution in [2.45, 2.75) is 30.2 Å². The van der Waals surface area contributed by atoms with Crippen LogP contribution < -0.4 is 20.1 Å². The molecule has 1 heterocycles. The summed E-state index contributed by atoms with van der Waals surface area (Å²) in [6.45, 7) is 1.69. The highest BCUT2D eigenvalue weighted by atomic mass is 32.2. The molecule has 1 aliphatic rings. The third-order valence-corrected chi connectivity index (χ3v) is 5.69. The van der Waals surface area contributed by atoms with Crippen molar-refractivity contribution < 1.29 is 22.7 Å². The molecule has 0 spiro atoms. The Labute approximate surface area is 142 Å². The predicted molar refractivity (Wildman–Crippen MR) is 90.3 cm³/mol. The van der Waals surface area contributed by atoms with E-state index in [2.05, 4.69) is 10.6 Å². The molecule has 1 unspecified atom stereocenters. The highest BCUT2D eigenvalue weighted by Gasteiger charge is 2.20. The molecule has 2 rings (SSSR count). The Balaban J connectivity index is 1.96. The van der Waals surface area contributed by atoms with Gasteiger partial charge < -0.3 is 20.1 Å². The van der Waals surface area contributed by atoms with Gasteiger partial charge in [-0.2, -0.15) is 0 Å². The maximum Gasteiger partial charge on any atom is 0.221 e. The van der Waals surface area contributed by atoms with E-state index in [1.54, 1.807) is 6.07 Å². The van der Waals surface area contributed by atoms with E-state index in [-0.39, 0.29) is 29.0 Å². The summed E-state index contributed by atoms with van der Waals surface area (Å²) in [6.07, 6.45) is 1.86. The summed E-state index contributed by atoms with van der Waals surface area (Å²) in [4.78, 5) is 12.1. The summed E-state index contributed by atoms with van der Waals surface area (Å²) in [5.74, 6) is 0.317. The lowest BCUT2D eigenvalue weighted by Crippen LogP contribution is -2.45. The van der Waals surface area contributed by atoms with Crippen molar-refractivity contribution in [1.29, 1.82) is 0 Å². The van der Waals surface area contributed by atoms with Gasteiger partial charge in [0, 0.05) is 25.1 Å². The highest BCUT2D eigenvalue weighted by molar-refractivity contribution is 7.91. The minimum Gasteiger partial charge on any atom is -0.493 e. The van der Waals surface area contributed by atoms with Gasteiger partial charge in [-0.1, -0.05) is 0 Å². The molecule has 1 aliphatic heterocycles. The van der Waals surface area contributed by atoms with E-state index in [1.165, 1.54) is 26.4 Å². The summed E-state index contributed by atoms with van der Waals surface area (Å²) < 4.78 is 35.0. The number of amides is 1. The first-order chi connectivity index (χ1) is 11.5. The Morgan fingerprint density at radius 3 is 2.67 bits per heavy atom. The van der Waals surface area contributed by atoms with Gasteiger partial charge in [0.15, 0.2) is 21.3 Å². The first kappa shape index (κ1) is 18.5. The number of benzene rings is 1. The lowest BCUT2D eigenvalue weighted by molar-refractivity contribution is -0.121. The fourth-order valence-corrected chi connectivity index (χ4v) is 3.88. The standard InChI is InChI=1S/C16H24N2O5S/c1-22-14-6-5-13(10-15(14)23-2)24(20,21)9-7-16(19)18-12-4-3-8-17-11-12/h5-6,10,12,17H,3-4,7-9,11H2,1-2H3,(H,18,19). The molecule has 0 bridgehead atoms. The van der Waals surface area contributed by atoms with Crippen molar-refractivity contribution in [2.75, 3.05) is 33.1 Å². The van der Waals surface area contributed by atoms with Crippen LogP contribution in [0.5, 0.6) is 11.5 Å². The number of rotatable bonds is 7. The van der Waals surface area contributed by atoms with Gasteiger partial charge >= 0.3 is 0 Å². The number of ether oxygens (including phenoxy) is 2. The van der Waals surface area contributed by atoms with Crippen molar-refractivity contribution in [3.63, 3.8) is 0 Å². The summed E-state index contributed by atoms with van der Waals surface area (Å²) in [5, 5.41) is 6.08. The minimum atomic E-state index is -3.57. The third-order valence-electron chi connectivity index (χ3n) is 3.97. The SMILES string of the molecule is COc1ccc(S(=O)(=O)CCC(=O)NC2CCCNC2)cc1OC. The number of sulfone groups is 1. The van der Waals surface area contributed by atoms with E-state index in [1.807, 2.05) is 0 Å². The van der Waals surface area contributed by atoms with Crippen LogP contribution in [0.3, 0.4) is 0 Å². The Hall–Kier alpha value is -1.80. The molecule has 2 N–H and O–H groups in total. The molecule has 1 aromatic carbocycles. The average Bonchev–Trinajstić information content (AvgIpc) is 2.60. The second-order valence-corrected chi connectivity index (χ2v) is 7.81. The fourth-order valence-electron chi connectivity index (χ4n) is 2.63. The molecule has 1 atom stereocenters. The van der Waals surface area contributed by atoms with E-state index in [0.717, 1.165) is 25.9 Å². The van der Waals surface area contributed by atoms with E-state index >= 15 is 0 Å². The van der Waals surface area contributed by atoms with Crippen LogP contribution in [0.4, 0.5) is 0 Å². The van der Waals surface area contributed by atoms with Crippen molar-refractivity contribution in [3.8, 4) is 11.5 Å². The van der Waals surface area contributed by atoms with Gasteiger partial charge in [0.1, 0.15) is 0 Å². The molecule has 8 heteroatoms. The van der Waals surface area contributed by atoms with Crippen LogP contribution in [-0.2, 0) is 14.6 Å². The van der Waals surface area contributed by atoms with Crippen LogP contribution in [0.1, 0.15) is 19.3 Å². The van der Waals surface area contributed by atoms with Gasteiger partial charge in [-0.25, -0.2) is 8.42 Å². The second kappa shape index (κ2) is 8.34. The number of carbonyl (C=O) groups excluding carboxylic acids is 1. The average molecular weight is 356 g/mol. The van der Waals surface area contributed by atoms with E-state index in [0.29, 0.717) is 11.5 Å². The summed E-state index contributed by atoms with van der Waals surface area (Å²) >= 11 is 0. The molecule has 0 radical (unpaired) electrons. The molecule has 1 fully saturated rings. The maximum atomic E-state index is 12.4. The second-order valence-electron chi connectivity index (χ2n) is 5.70. The maximum absolute atomic E-state index is 12.4. The Morgan fingerprint density at radius 1 is 1.29 bits per heavy atom. The lowest BCUT2D eigenvalue weighted by Gasteiger charge is -2.23. The van der Waals surface area contributed by atoms with E-state index in [9.17, 15) is 13.2 Å². The third kappa shape index (κ3) is 4.85. The van der Waals surface area contributed by atoms with Crippen LogP contribution in [0.25, 0.3) is 0 Å². The molecule has 1 amide bonds. The van der Waals surface area contributed by atoms with Gasteiger partial charge in [0.2, 0.25) is 5.91 Å². The molecular formula is C16H24N2O5S. The Morgan fingerprint density at radius 2 is 2.04 bits per heavy atom. The molecule has 1 aromatic rings. The molecule has 1 saturated heterocycles. The zero-order chi connectivity index (χ0) is 17.6. The first-order valence-electron chi connectivity index (χ1n) is 7.91. The highest BCUT2D eigenvalue weighted by Crippen LogP contribution is 2.29. The minimum absolute atomic E-state index is 0.0623. The Kier molecular flexibility index (Phi) is 6.44. The van der Waals surface area contributed by atoms with E-state index in [4.69, 9.17) is 9.47 Å². The van der Waals surface area contributed by atoms with Gasteiger partial charge in [-0.05, 0) is 31.5 Å². The van der Waals surface area contributed by atoms with Crippen molar-refractivity contribution >= 4 is 15.7 Å². The molecule has 0 aliphatic carbocycles. The van der Waals surface area contributed by atoms with Gasteiger partial charge in [0.05, 0.1) is 24.9 Å². The molecule has 0 aromatic heterocycles. The van der Waals surface area contributed by atoms with Crippen molar-refractivity contribution in [2.24, 2.45) is 0 Å². The normalized spacial score (nSPS) is 18.0. The van der Waals surface area contributed by atoms with Crippen LogP contribution >= 0.6 is 0 Å². The number of carbonyl (C=O) groups is 1. The van der Waals surface area contributed by atoms with Gasteiger partial charge in [0.25, 0.3) is 0 Å². The zero-order valence-corrected chi connectivity index (χ0v) is 14.8.